The van der Waals surface area contributed by atoms with Gasteiger partial charge in [0.1, 0.15) is 5.60 Å². The fraction of sp³-hybridized carbons (Fsp3) is 0.588. The summed E-state index contributed by atoms with van der Waals surface area (Å²) in [6, 6.07) is 5.48. The summed E-state index contributed by atoms with van der Waals surface area (Å²) in [6.07, 6.45) is 0.559. The topological polar surface area (TPSA) is 41.6 Å². The van der Waals surface area contributed by atoms with Crippen LogP contribution < -0.4 is 5.32 Å². The van der Waals surface area contributed by atoms with Gasteiger partial charge in [-0.05, 0) is 52.8 Å². The fourth-order valence-corrected chi connectivity index (χ4v) is 2.55. The van der Waals surface area contributed by atoms with Crippen molar-refractivity contribution in [2.24, 2.45) is 0 Å². The van der Waals surface area contributed by atoms with E-state index in [0.717, 1.165) is 18.5 Å². The molecule has 0 aliphatic carbocycles. The molecule has 0 bridgehead atoms. The lowest BCUT2D eigenvalue weighted by molar-refractivity contribution is 0.0258. The molecule has 0 atom stereocenters. The molecule has 0 saturated heterocycles. The molecular weight excluding hydrogens is 335 g/mol. The van der Waals surface area contributed by atoms with Crippen molar-refractivity contribution in [2.75, 3.05) is 19.6 Å². The summed E-state index contributed by atoms with van der Waals surface area (Å²) in [6.45, 7) is 10.2. The van der Waals surface area contributed by atoms with Crippen LogP contribution in [0.1, 0.15) is 39.7 Å². The van der Waals surface area contributed by atoms with Crippen LogP contribution in [-0.2, 0) is 11.3 Å². The molecule has 1 rings (SSSR count). The van der Waals surface area contributed by atoms with Gasteiger partial charge in [0, 0.05) is 35.2 Å². The van der Waals surface area contributed by atoms with E-state index in [4.69, 9.17) is 27.9 Å². The van der Waals surface area contributed by atoms with Crippen molar-refractivity contribution in [3.05, 3.63) is 33.8 Å². The number of rotatable bonds is 7. The van der Waals surface area contributed by atoms with Crippen molar-refractivity contribution in [3.8, 4) is 0 Å². The van der Waals surface area contributed by atoms with Gasteiger partial charge in [0.25, 0.3) is 0 Å². The summed E-state index contributed by atoms with van der Waals surface area (Å²) >= 11 is 12.2. The van der Waals surface area contributed by atoms with Gasteiger partial charge in [-0.3, -0.25) is 0 Å². The van der Waals surface area contributed by atoms with Crippen LogP contribution in [0.3, 0.4) is 0 Å². The lowest BCUT2D eigenvalue weighted by Gasteiger charge is -2.26. The van der Waals surface area contributed by atoms with Gasteiger partial charge in [0.05, 0.1) is 0 Å². The third kappa shape index (κ3) is 7.42. The molecule has 0 fully saturated rings. The molecule has 6 heteroatoms. The maximum absolute atomic E-state index is 12.0. The average molecular weight is 361 g/mol. The van der Waals surface area contributed by atoms with E-state index in [1.807, 2.05) is 45.9 Å². The van der Waals surface area contributed by atoms with Gasteiger partial charge in [0.2, 0.25) is 0 Å². The first-order chi connectivity index (χ1) is 10.7. The highest BCUT2D eigenvalue weighted by molar-refractivity contribution is 6.35. The van der Waals surface area contributed by atoms with Gasteiger partial charge in [-0.25, -0.2) is 4.79 Å². The standard InChI is InChI=1S/C17H26Cl2N2O2/c1-5-21(16(22)23-17(2,3)4)11-7-10-20-12-13-14(18)8-6-9-15(13)19/h6,8-9,20H,5,7,10-12H2,1-4H3. The van der Waals surface area contributed by atoms with Crippen LogP contribution in [0.2, 0.25) is 10.0 Å². The molecule has 1 N–H and O–H groups in total. The van der Waals surface area contributed by atoms with Crippen molar-refractivity contribution >= 4 is 29.3 Å². The lowest BCUT2D eigenvalue weighted by atomic mass is 10.2. The Morgan fingerprint density at radius 2 is 1.87 bits per heavy atom. The third-order valence-electron chi connectivity index (χ3n) is 3.18. The number of amides is 1. The average Bonchev–Trinajstić information content (AvgIpc) is 2.43. The van der Waals surface area contributed by atoms with Crippen molar-refractivity contribution in [1.82, 2.24) is 10.2 Å². The number of hydrogen-bond donors (Lipinski definition) is 1. The fourth-order valence-electron chi connectivity index (χ4n) is 2.01. The highest BCUT2D eigenvalue weighted by Gasteiger charge is 2.20. The van der Waals surface area contributed by atoms with E-state index in [2.05, 4.69) is 5.32 Å². The van der Waals surface area contributed by atoms with Crippen LogP contribution in [0.5, 0.6) is 0 Å². The molecule has 1 aromatic rings. The summed E-state index contributed by atoms with van der Waals surface area (Å²) in [4.78, 5) is 13.7. The van der Waals surface area contributed by atoms with Crippen LogP contribution in [-0.4, -0.2) is 36.2 Å². The first-order valence-corrected chi connectivity index (χ1v) is 8.61. The number of nitrogens with zero attached hydrogens (tertiary/aromatic N) is 1. The molecule has 0 heterocycles. The first kappa shape index (κ1) is 20.1. The number of hydrogen-bond acceptors (Lipinski definition) is 3. The van der Waals surface area contributed by atoms with E-state index in [-0.39, 0.29) is 6.09 Å². The Hall–Kier alpha value is -0.970. The maximum Gasteiger partial charge on any atom is 0.410 e. The minimum absolute atomic E-state index is 0.269. The van der Waals surface area contributed by atoms with E-state index < -0.39 is 5.60 Å². The minimum Gasteiger partial charge on any atom is -0.444 e. The van der Waals surface area contributed by atoms with Gasteiger partial charge >= 0.3 is 6.09 Å². The first-order valence-electron chi connectivity index (χ1n) is 7.86. The molecule has 1 amide bonds. The molecule has 4 nitrogen and oxygen atoms in total. The number of benzene rings is 1. The molecule has 130 valence electrons. The van der Waals surface area contributed by atoms with Crippen molar-refractivity contribution in [1.29, 1.82) is 0 Å². The Bertz CT molecular complexity index is 496. The number of halogens is 2. The Balaban J connectivity index is 2.34. The second kappa shape index (κ2) is 9.36. The second-order valence-electron chi connectivity index (χ2n) is 6.29. The monoisotopic (exact) mass is 360 g/mol. The zero-order chi connectivity index (χ0) is 17.5. The second-order valence-corrected chi connectivity index (χ2v) is 7.10. The molecule has 0 aliphatic heterocycles. The van der Waals surface area contributed by atoms with Crippen molar-refractivity contribution in [3.63, 3.8) is 0 Å². The minimum atomic E-state index is -0.469. The number of nitrogens with one attached hydrogen (secondary N) is 1. The van der Waals surface area contributed by atoms with Crippen molar-refractivity contribution in [2.45, 2.75) is 46.3 Å². The zero-order valence-electron chi connectivity index (χ0n) is 14.3. The molecule has 1 aromatic carbocycles. The van der Waals surface area contributed by atoms with Crippen LogP contribution >= 0.6 is 23.2 Å². The van der Waals surface area contributed by atoms with Gasteiger partial charge < -0.3 is 15.0 Å². The normalized spacial score (nSPS) is 11.4. The van der Waals surface area contributed by atoms with E-state index in [1.54, 1.807) is 4.90 Å². The third-order valence-corrected chi connectivity index (χ3v) is 3.89. The highest BCUT2D eigenvalue weighted by atomic mass is 35.5. The maximum atomic E-state index is 12.0. The molecular formula is C17H26Cl2N2O2. The van der Waals surface area contributed by atoms with Crippen LogP contribution in [0.15, 0.2) is 18.2 Å². The summed E-state index contributed by atoms with van der Waals surface area (Å²) in [5.41, 5.74) is 0.430. The Morgan fingerprint density at radius 3 is 2.39 bits per heavy atom. The number of carbonyl (C=O) groups excluding carboxylic acids is 1. The van der Waals surface area contributed by atoms with Gasteiger partial charge in [-0.2, -0.15) is 0 Å². The molecule has 0 saturated carbocycles. The van der Waals surface area contributed by atoms with E-state index in [0.29, 0.717) is 29.7 Å². The predicted octanol–water partition coefficient (Wildman–Crippen LogP) is 4.73. The van der Waals surface area contributed by atoms with Crippen LogP contribution in [0.4, 0.5) is 4.79 Å². The predicted molar refractivity (Wildman–Crippen MR) is 96.3 cm³/mol. The number of carbonyl (C=O) groups is 1. The van der Waals surface area contributed by atoms with E-state index in [9.17, 15) is 4.79 Å². The molecule has 0 radical (unpaired) electrons. The van der Waals surface area contributed by atoms with Crippen LogP contribution in [0, 0.1) is 0 Å². The lowest BCUT2D eigenvalue weighted by Crippen LogP contribution is -2.38. The van der Waals surface area contributed by atoms with E-state index in [1.165, 1.54) is 0 Å². The van der Waals surface area contributed by atoms with Crippen LogP contribution in [0.25, 0.3) is 0 Å². The summed E-state index contributed by atoms with van der Waals surface area (Å²) in [5.74, 6) is 0. The van der Waals surface area contributed by atoms with Crippen molar-refractivity contribution < 1.29 is 9.53 Å². The zero-order valence-corrected chi connectivity index (χ0v) is 15.8. The van der Waals surface area contributed by atoms with Gasteiger partial charge in [-0.15, -0.1) is 0 Å². The van der Waals surface area contributed by atoms with Gasteiger partial charge in [-0.1, -0.05) is 29.3 Å². The SMILES string of the molecule is CCN(CCCNCc1c(Cl)cccc1Cl)C(=O)OC(C)(C)C. The molecule has 0 unspecified atom stereocenters. The molecule has 0 aliphatic rings. The van der Waals surface area contributed by atoms with E-state index >= 15 is 0 Å². The highest BCUT2D eigenvalue weighted by Crippen LogP contribution is 2.23. The molecule has 0 aromatic heterocycles. The summed E-state index contributed by atoms with van der Waals surface area (Å²) < 4.78 is 5.38. The van der Waals surface area contributed by atoms with Gasteiger partial charge in [0.15, 0.2) is 0 Å². The quantitative estimate of drug-likeness (QED) is 0.714. The Kier molecular flexibility index (Phi) is 8.17. The molecule has 0 spiro atoms. The Morgan fingerprint density at radius 1 is 1.26 bits per heavy atom. The number of ether oxygens (including phenoxy) is 1. The largest absolute Gasteiger partial charge is 0.444 e. The smallest absolute Gasteiger partial charge is 0.410 e. The Labute approximate surface area is 149 Å². The summed E-state index contributed by atoms with van der Waals surface area (Å²) in [5, 5.41) is 4.62. The summed E-state index contributed by atoms with van der Waals surface area (Å²) in [7, 11) is 0. The molecule has 23 heavy (non-hydrogen) atoms.